The summed E-state index contributed by atoms with van der Waals surface area (Å²) in [6.45, 7) is 3.30. The zero-order valence-electron chi connectivity index (χ0n) is 13.0. The number of carbonyl (C=O) groups is 1. The van der Waals surface area contributed by atoms with Crippen LogP contribution in [0.4, 0.5) is 0 Å². The Bertz CT molecular complexity index is 779. The molecule has 0 fully saturated rings. The van der Waals surface area contributed by atoms with Crippen molar-refractivity contribution in [3.8, 4) is 5.75 Å². The Morgan fingerprint density at radius 2 is 1.74 bits per heavy atom. The van der Waals surface area contributed by atoms with E-state index in [0.29, 0.717) is 11.3 Å². The minimum atomic E-state index is -3.79. The van der Waals surface area contributed by atoms with Crippen LogP contribution in [0.5, 0.6) is 5.75 Å². The fourth-order valence-electron chi connectivity index (χ4n) is 1.88. The molecule has 0 heterocycles. The van der Waals surface area contributed by atoms with E-state index in [-0.39, 0.29) is 23.9 Å². The van der Waals surface area contributed by atoms with Crippen LogP contribution in [0.3, 0.4) is 0 Å². The number of benzene rings is 2. The van der Waals surface area contributed by atoms with E-state index in [2.05, 4.69) is 0 Å². The largest absolute Gasteiger partial charge is 0.491 e. The molecule has 0 aliphatic heterocycles. The van der Waals surface area contributed by atoms with Crippen LogP contribution in [0.1, 0.15) is 22.8 Å². The van der Waals surface area contributed by atoms with Crippen molar-refractivity contribution < 1.29 is 22.1 Å². The Hall–Kier alpha value is -2.18. The van der Waals surface area contributed by atoms with Gasteiger partial charge in [0.15, 0.2) is 5.78 Å². The molecule has 0 saturated carbocycles. The van der Waals surface area contributed by atoms with E-state index in [1.165, 1.54) is 19.1 Å². The summed E-state index contributed by atoms with van der Waals surface area (Å²) in [5, 5.41) is 0. The van der Waals surface area contributed by atoms with E-state index in [0.717, 1.165) is 5.56 Å². The van der Waals surface area contributed by atoms with Gasteiger partial charge in [0.05, 0.1) is 4.90 Å². The standard InChI is InChI=1S/C17H18O5S/c1-13-6-8-17(9-7-13)23(19,20)22-11-10-21-16-5-3-4-15(12-16)14(2)18/h3-9,12H,10-11H2,1-2H3. The van der Waals surface area contributed by atoms with Crippen molar-refractivity contribution in [3.05, 3.63) is 59.7 Å². The van der Waals surface area contributed by atoms with Crippen molar-refractivity contribution in [3.63, 3.8) is 0 Å². The van der Waals surface area contributed by atoms with Gasteiger partial charge in [0.2, 0.25) is 0 Å². The van der Waals surface area contributed by atoms with E-state index in [1.54, 1.807) is 36.4 Å². The van der Waals surface area contributed by atoms with Crippen molar-refractivity contribution in [2.75, 3.05) is 13.2 Å². The number of carbonyl (C=O) groups excluding carboxylic acids is 1. The topological polar surface area (TPSA) is 69.7 Å². The maximum Gasteiger partial charge on any atom is 0.297 e. The van der Waals surface area contributed by atoms with Crippen LogP contribution in [0.15, 0.2) is 53.4 Å². The molecular formula is C17H18O5S. The number of Topliss-reactive ketones (excluding diaryl/α,β-unsaturated/α-hetero) is 1. The summed E-state index contributed by atoms with van der Waals surface area (Å²) >= 11 is 0. The SMILES string of the molecule is CC(=O)c1cccc(OCCOS(=O)(=O)c2ccc(C)cc2)c1. The van der Waals surface area contributed by atoms with Gasteiger partial charge in [0.25, 0.3) is 10.1 Å². The predicted octanol–water partition coefficient (Wildman–Crippen LogP) is 2.98. The zero-order chi connectivity index (χ0) is 16.9. The number of hydrogen-bond donors (Lipinski definition) is 0. The molecule has 0 unspecified atom stereocenters. The Balaban J connectivity index is 1.88. The van der Waals surface area contributed by atoms with Gasteiger partial charge in [-0.25, -0.2) is 0 Å². The highest BCUT2D eigenvalue weighted by Gasteiger charge is 2.14. The first-order valence-electron chi connectivity index (χ1n) is 7.08. The number of rotatable bonds is 7. The molecule has 0 amide bonds. The molecule has 0 aromatic heterocycles. The quantitative estimate of drug-likeness (QED) is 0.442. The van der Waals surface area contributed by atoms with Crippen LogP contribution in [0, 0.1) is 6.92 Å². The smallest absolute Gasteiger partial charge is 0.297 e. The van der Waals surface area contributed by atoms with E-state index in [4.69, 9.17) is 8.92 Å². The van der Waals surface area contributed by atoms with E-state index >= 15 is 0 Å². The summed E-state index contributed by atoms with van der Waals surface area (Å²) in [5.74, 6) is 0.433. The first-order chi connectivity index (χ1) is 10.9. The lowest BCUT2D eigenvalue weighted by Crippen LogP contribution is -2.13. The van der Waals surface area contributed by atoms with Gasteiger partial charge in [-0.1, -0.05) is 29.8 Å². The third-order valence-electron chi connectivity index (χ3n) is 3.14. The second-order valence-electron chi connectivity index (χ2n) is 5.02. The second-order valence-corrected chi connectivity index (χ2v) is 6.64. The third-order valence-corrected chi connectivity index (χ3v) is 4.47. The molecule has 2 aromatic rings. The summed E-state index contributed by atoms with van der Waals surface area (Å²) in [6, 6.07) is 13.1. The number of hydrogen-bond acceptors (Lipinski definition) is 5. The average molecular weight is 334 g/mol. The summed E-state index contributed by atoms with van der Waals surface area (Å²) in [5.41, 5.74) is 1.51. The normalized spacial score (nSPS) is 11.2. The van der Waals surface area contributed by atoms with Gasteiger partial charge in [0, 0.05) is 5.56 Å². The first kappa shape index (κ1) is 17.2. The van der Waals surface area contributed by atoms with Crippen LogP contribution in [0.25, 0.3) is 0 Å². The summed E-state index contributed by atoms with van der Waals surface area (Å²) in [4.78, 5) is 11.4. The maximum absolute atomic E-state index is 12.0. The number of ether oxygens (including phenoxy) is 1. The van der Waals surface area contributed by atoms with Crippen LogP contribution in [-0.2, 0) is 14.3 Å². The van der Waals surface area contributed by atoms with Crippen LogP contribution >= 0.6 is 0 Å². The minimum Gasteiger partial charge on any atom is -0.491 e. The lowest BCUT2D eigenvalue weighted by atomic mass is 10.1. The van der Waals surface area contributed by atoms with Crippen molar-refractivity contribution in [1.29, 1.82) is 0 Å². The minimum absolute atomic E-state index is 0.0614. The molecule has 0 aliphatic rings. The molecule has 122 valence electrons. The fraction of sp³-hybridized carbons (Fsp3) is 0.235. The van der Waals surface area contributed by atoms with Gasteiger partial charge in [-0.2, -0.15) is 8.42 Å². The second kappa shape index (κ2) is 7.39. The Kier molecular flexibility index (Phi) is 5.52. The van der Waals surface area contributed by atoms with Gasteiger partial charge in [-0.15, -0.1) is 0 Å². The molecule has 5 nitrogen and oxygen atoms in total. The maximum atomic E-state index is 12.0. The van der Waals surface area contributed by atoms with Crippen LogP contribution in [0.2, 0.25) is 0 Å². The monoisotopic (exact) mass is 334 g/mol. The summed E-state index contributed by atoms with van der Waals surface area (Å²) < 4.78 is 34.3. The highest BCUT2D eigenvalue weighted by atomic mass is 32.2. The lowest BCUT2D eigenvalue weighted by molar-refractivity contribution is 0.101. The lowest BCUT2D eigenvalue weighted by Gasteiger charge is -2.08. The van der Waals surface area contributed by atoms with Crippen molar-refractivity contribution >= 4 is 15.9 Å². The highest BCUT2D eigenvalue weighted by Crippen LogP contribution is 2.15. The molecule has 0 radical (unpaired) electrons. The molecule has 0 aliphatic carbocycles. The molecule has 0 spiro atoms. The third kappa shape index (κ3) is 4.91. The Morgan fingerprint density at radius 3 is 2.39 bits per heavy atom. The van der Waals surface area contributed by atoms with Gasteiger partial charge in [-0.3, -0.25) is 8.98 Å². The molecule has 0 saturated heterocycles. The van der Waals surface area contributed by atoms with Crippen molar-refractivity contribution in [2.24, 2.45) is 0 Å². The average Bonchev–Trinajstić information content (AvgIpc) is 2.52. The van der Waals surface area contributed by atoms with Crippen LogP contribution < -0.4 is 4.74 Å². The van der Waals surface area contributed by atoms with E-state index in [1.807, 2.05) is 6.92 Å². The van der Waals surface area contributed by atoms with Crippen molar-refractivity contribution in [1.82, 2.24) is 0 Å². The Morgan fingerprint density at radius 1 is 1.04 bits per heavy atom. The van der Waals surface area contributed by atoms with Gasteiger partial charge in [0.1, 0.15) is 19.0 Å². The molecular weight excluding hydrogens is 316 g/mol. The molecule has 6 heteroatoms. The van der Waals surface area contributed by atoms with E-state index < -0.39 is 10.1 Å². The van der Waals surface area contributed by atoms with Gasteiger partial charge < -0.3 is 4.74 Å². The molecule has 2 rings (SSSR count). The first-order valence-corrected chi connectivity index (χ1v) is 8.49. The number of ketones is 1. The molecule has 0 N–H and O–H groups in total. The Labute approximate surface area is 136 Å². The molecule has 0 bridgehead atoms. The number of aryl methyl sites for hydroxylation is 1. The van der Waals surface area contributed by atoms with Crippen LogP contribution in [-0.4, -0.2) is 27.4 Å². The zero-order valence-corrected chi connectivity index (χ0v) is 13.8. The molecule has 23 heavy (non-hydrogen) atoms. The van der Waals surface area contributed by atoms with E-state index in [9.17, 15) is 13.2 Å². The van der Waals surface area contributed by atoms with Gasteiger partial charge >= 0.3 is 0 Å². The van der Waals surface area contributed by atoms with Crippen molar-refractivity contribution in [2.45, 2.75) is 18.7 Å². The molecule has 2 aromatic carbocycles. The molecule has 0 atom stereocenters. The van der Waals surface area contributed by atoms with Gasteiger partial charge in [-0.05, 0) is 38.1 Å². The summed E-state index contributed by atoms with van der Waals surface area (Å²) in [7, 11) is -3.79. The highest BCUT2D eigenvalue weighted by molar-refractivity contribution is 7.86. The fourth-order valence-corrected chi connectivity index (χ4v) is 2.77. The predicted molar refractivity (Wildman–Crippen MR) is 86.3 cm³/mol. The summed E-state index contributed by atoms with van der Waals surface area (Å²) in [6.07, 6.45) is 0.